The van der Waals surface area contributed by atoms with Crippen molar-refractivity contribution < 1.29 is 9.84 Å². The summed E-state index contributed by atoms with van der Waals surface area (Å²) in [5.41, 5.74) is -0.138. The zero-order chi connectivity index (χ0) is 12.9. The molecule has 0 bridgehead atoms. The number of nitrogens with one attached hydrogen (secondary N) is 1. The van der Waals surface area contributed by atoms with E-state index in [2.05, 4.69) is 31.0 Å². The van der Waals surface area contributed by atoms with E-state index in [1.807, 2.05) is 7.05 Å². The van der Waals surface area contributed by atoms with Gasteiger partial charge in [-0.2, -0.15) is 0 Å². The number of rotatable bonds is 6. The van der Waals surface area contributed by atoms with E-state index in [-0.39, 0.29) is 12.1 Å². The van der Waals surface area contributed by atoms with Crippen LogP contribution in [0.4, 0.5) is 0 Å². The fourth-order valence-corrected chi connectivity index (χ4v) is 2.24. The molecular weight excluding hydrogens is 216 g/mol. The molecule has 2 N–H and O–H groups in total. The molecule has 0 aromatic heterocycles. The third-order valence-electron chi connectivity index (χ3n) is 3.86. The molecule has 0 radical (unpaired) electrons. The second kappa shape index (κ2) is 6.69. The molecule has 0 saturated carbocycles. The molecular formula is C13H28N2O2. The van der Waals surface area contributed by atoms with Gasteiger partial charge in [-0.25, -0.2) is 0 Å². The van der Waals surface area contributed by atoms with Crippen LogP contribution in [0.25, 0.3) is 0 Å². The van der Waals surface area contributed by atoms with Crippen molar-refractivity contribution in [3.63, 3.8) is 0 Å². The number of aliphatic hydroxyl groups excluding tert-OH is 1. The molecule has 4 heteroatoms. The van der Waals surface area contributed by atoms with Gasteiger partial charge in [0.25, 0.3) is 0 Å². The van der Waals surface area contributed by atoms with Crippen LogP contribution in [0.2, 0.25) is 0 Å². The average molecular weight is 244 g/mol. The summed E-state index contributed by atoms with van der Waals surface area (Å²) in [4.78, 5) is 2.49. The molecule has 0 spiro atoms. The van der Waals surface area contributed by atoms with E-state index in [0.29, 0.717) is 12.1 Å². The van der Waals surface area contributed by atoms with Crippen molar-refractivity contribution in [1.82, 2.24) is 10.2 Å². The Balaban J connectivity index is 2.30. The van der Waals surface area contributed by atoms with Gasteiger partial charge in [-0.1, -0.05) is 0 Å². The first kappa shape index (κ1) is 14.9. The van der Waals surface area contributed by atoms with Gasteiger partial charge in [-0.3, -0.25) is 4.90 Å². The van der Waals surface area contributed by atoms with Gasteiger partial charge < -0.3 is 15.2 Å². The topological polar surface area (TPSA) is 44.7 Å². The van der Waals surface area contributed by atoms with Crippen LogP contribution < -0.4 is 5.32 Å². The van der Waals surface area contributed by atoms with Crippen molar-refractivity contribution in [2.24, 2.45) is 0 Å². The van der Waals surface area contributed by atoms with Gasteiger partial charge in [0.05, 0.1) is 19.3 Å². The van der Waals surface area contributed by atoms with Crippen LogP contribution >= 0.6 is 0 Å². The summed E-state index contributed by atoms with van der Waals surface area (Å²) in [5, 5.41) is 12.5. The lowest BCUT2D eigenvalue weighted by Crippen LogP contribution is -2.48. The van der Waals surface area contributed by atoms with E-state index < -0.39 is 0 Å². The highest BCUT2D eigenvalue weighted by atomic mass is 16.5. The van der Waals surface area contributed by atoms with Crippen LogP contribution in [0.15, 0.2) is 0 Å². The molecule has 1 aliphatic rings. The summed E-state index contributed by atoms with van der Waals surface area (Å²) >= 11 is 0. The molecule has 0 aromatic carbocycles. The van der Waals surface area contributed by atoms with Gasteiger partial charge in [0, 0.05) is 18.1 Å². The van der Waals surface area contributed by atoms with Crippen LogP contribution in [0.5, 0.6) is 0 Å². The lowest BCUT2D eigenvalue weighted by atomic mass is 9.97. The van der Waals surface area contributed by atoms with E-state index in [1.54, 1.807) is 0 Å². The highest BCUT2D eigenvalue weighted by Gasteiger charge is 2.25. The quantitative estimate of drug-likeness (QED) is 0.727. The third kappa shape index (κ3) is 4.54. The molecule has 0 amide bonds. The molecule has 0 aliphatic carbocycles. The van der Waals surface area contributed by atoms with Gasteiger partial charge in [0.2, 0.25) is 0 Å². The molecule has 102 valence electrons. The van der Waals surface area contributed by atoms with Crippen LogP contribution in [-0.2, 0) is 4.74 Å². The minimum absolute atomic E-state index is 0.138. The van der Waals surface area contributed by atoms with Crippen molar-refractivity contribution in [2.75, 3.05) is 33.4 Å². The fourth-order valence-electron chi connectivity index (χ4n) is 2.24. The van der Waals surface area contributed by atoms with Gasteiger partial charge in [-0.15, -0.1) is 0 Å². The number of ether oxygens (including phenoxy) is 1. The predicted octanol–water partition coefficient (Wildman–Crippen LogP) is 0.846. The Morgan fingerprint density at radius 3 is 2.76 bits per heavy atom. The van der Waals surface area contributed by atoms with E-state index in [9.17, 15) is 5.11 Å². The number of likely N-dealkylation sites (N-methyl/N-ethyl adjacent to an activating group) is 1. The Hall–Kier alpha value is -0.160. The Morgan fingerprint density at radius 2 is 2.18 bits per heavy atom. The summed E-state index contributed by atoms with van der Waals surface area (Å²) in [5.74, 6) is 0. The first-order valence-electron chi connectivity index (χ1n) is 6.66. The maximum Gasteiger partial charge on any atom is 0.0674 e. The molecule has 1 saturated heterocycles. The molecule has 1 rings (SSSR count). The number of hydrogen-bond acceptors (Lipinski definition) is 4. The van der Waals surface area contributed by atoms with E-state index in [4.69, 9.17) is 4.74 Å². The van der Waals surface area contributed by atoms with E-state index in [0.717, 1.165) is 32.5 Å². The molecule has 4 nitrogen and oxygen atoms in total. The highest BCUT2D eigenvalue weighted by molar-refractivity contribution is 4.82. The Labute approximate surface area is 105 Å². The Kier molecular flexibility index (Phi) is 5.86. The van der Waals surface area contributed by atoms with Crippen molar-refractivity contribution in [2.45, 2.75) is 51.3 Å². The van der Waals surface area contributed by atoms with E-state index in [1.165, 1.54) is 0 Å². The largest absolute Gasteiger partial charge is 0.394 e. The monoisotopic (exact) mass is 244 g/mol. The molecule has 3 unspecified atom stereocenters. The maximum atomic E-state index is 9.32. The maximum absolute atomic E-state index is 9.32. The summed E-state index contributed by atoms with van der Waals surface area (Å²) in [6, 6.07) is 0.515. The second-order valence-corrected chi connectivity index (χ2v) is 5.56. The smallest absolute Gasteiger partial charge is 0.0674 e. The van der Waals surface area contributed by atoms with Crippen molar-refractivity contribution in [3.05, 3.63) is 0 Å². The summed E-state index contributed by atoms with van der Waals surface area (Å²) in [6.45, 7) is 9.56. The average Bonchev–Trinajstić information content (AvgIpc) is 2.33. The van der Waals surface area contributed by atoms with E-state index >= 15 is 0 Å². The van der Waals surface area contributed by atoms with Crippen molar-refractivity contribution >= 4 is 0 Å². The molecule has 17 heavy (non-hydrogen) atoms. The lowest BCUT2D eigenvalue weighted by Gasteiger charge is -2.37. The standard InChI is InChI=1S/C13H28N2O2/c1-11-9-17-12(2)8-15(11)7-5-6-13(3,10-16)14-4/h11-12,14,16H,5-10H2,1-4H3. The minimum Gasteiger partial charge on any atom is -0.394 e. The lowest BCUT2D eigenvalue weighted by molar-refractivity contribution is -0.0502. The zero-order valence-corrected chi connectivity index (χ0v) is 11.7. The van der Waals surface area contributed by atoms with Gasteiger partial charge in [-0.05, 0) is 47.2 Å². The normalized spacial score (nSPS) is 30.2. The van der Waals surface area contributed by atoms with Crippen LogP contribution in [-0.4, -0.2) is 61.0 Å². The predicted molar refractivity (Wildman–Crippen MR) is 70.2 cm³/mol. The third-order valence-corrected chi connectivity index (χ3v) is 3.86. The van der Waals surface area contributed by atoms with Gasteiger partial charge in [0.15, 0.2) is 0 Å². The van der Waals surface area contributed by atoms with Crippen LogP contribution in [0.3, 0.4) is 0 Å². The summed E-state index contributed by atoms with van der Waals surface area (Å²) in [7, 11) is 1.91. The van der Waals surface area contributed by atoms with Crippen LogP contribution in [0, 0.1) is 0 Å². The Morgan fingerprint density at radius 1 is 1.47 bits per heavy atom. The summed E-state index contributed by atoms with van der Waals surface area (Å²) < 4.78 is 5.62. The minimum atomic E-state index is -0.138. The first-order valence-corrected chi connectivity index (χ1v) is 6.66. The number of nitrogens with zero attached hydrogens (tertiary/aromatic N) is 1. The van der Waals surface area contributed by atoms with Gasteiger partial charge in [0.1, 0.15) is 0 Å². The molecule has 1 heterocycles. The summed E-state index contributed by atoms with van der Waals surface area (Å²) in [6.07, 6.45) is 2.45. The van der Waals surface area contributed by atoms with Crippen molar-refractivity contribution in [1.29, 1.82) is 0 Å². The van der Waals surface area contributed by atoms with Gasteiger partial charge >= 0.3 is 0 Å². The van der Waals surface area contributed by atoms with Crippen LogP contribution in [0.1, 0.15) is 33.6 Å². The first-order chi connectivity index (χ1) is 8.00. The molecule has 3 atom stereocenters. The SMILES string of the molecule is CNC(C)(CO)CCCN1CC(C)OCC1C. The fraction of sp³-hybridized carbons (Fsp3) is 1.00. The molecule has 0 aromatic rings. The number of hydrogen-bond donors (Lipinski definition) is 2. The molecule has 1 fully saturated rings. The highest BCUT2D eigenvalue weighted by Crippen LogP contribution is 2.15. The zero-order valence-electron chi connectivity index (χ0n) is 11.7. The number of aliphatic hydroxyl groups is 1. The molecule has 1 aliphatic heterocycles. The Bertz CT molecular complexity index is 219. The number of morpholine rings is 1. The second-order valence-electron chi connectivity index (χ2n) is 5.56. The van der Waals surface area contributed by atoms with Crippen molar-refractivity contribution in [3.8, 4) is 0 Å².